The van der Waals surface area contributed by atoms with Crippen molar-refractivity contribution in [1.82, 2.24) is 30.2 Å². The highest BCUT2D eigenvalue weighted by Crippen LogP contribution is 2.61. The minimum absolute atomic E-state index is 0.0265. The zero-order valence-electron chi connectivity index (χ0n) is 38.7. The Labute approximate surface area is 399 Å². The predicted octanol–water partition coefficient (Wildman–Crippen LogP) is 3.90. The van der Waals surface area contributed by atoms with Gasteiger partial charge in [0.2, 0.25) is 11.8 Å². The molecule has 0 saturated carbocycles. The summed E-state index contributed by atoms with van der Waals surface area (Å²) in [5, 5.41) is 36.6. The lowest BCUT2D eigenvalue weighted by Crippen LogP contribution is -2.46. The minimum Gasteiger partial charge on any atom is -0.393 e. The van der Waals surface area contributed by atoms with E-state index >= 15 is 0 Å². The van der Waals surface area contributed by atoms with E-state index in [9.17, 15) is 63.0 Å². The number of nitrogens with zero attached hydrogens (tertiary/aromatic N) is 4. The van der Waals surface area contributed by atoms with Gasteiger partial charge in [-0.2, -0.15) is 4.31 Å². The summed E-state index contributed by atoms with van der Waals surface area (Å²) in [4.78, 5) is 88.4. The first kappa shape index (κ1) is 59.8. The number of thioether (sulfide) groups is 1. The molecule has 1 aliphatic rings. The number of nitrogens with one attached hydrogen (secondary N) is 2. The fourth-order valence-corrected chi connectivity index (χ4v) is 10.6. The molecular formula is C39H70N7O18P3S. The monoisotopic (exact) mass is 1050 g/mol. The summed E-state index contributed by atoms with van der Waals surface area (Å²) in [5.74, 6) is -1.21. The molecule has 0 radical (unpaired) electrons. The Hall–Kier alpha value is -2.48. The van der Waals surface area contributed by atoms with Crippen LogP contribution in [0.3, 0.4) is 0 Å². The Bertz CT molecular complexity index is 2030. The second kappa shape index (κ2) is 29.1. The van der Waals surface area contributed by atoms with Gasteiger partial charge in [0.25, 0.3) is 0 Å². The van der Waals surface area contributed by atoms with Crippen molar-refractivity contribution >= 4 is 69.1 Å². The molecule has 2 aromatic heterocycles. The van der Waals surface area contributed by atoms with Gasteiger partial charge in [-0.25, -0.2) is 28.6 Å². The number of nitrogen functional groups attached to an aromatic ring is 1. The van der Waals surface area contributed by atoms with Crippen LogP contribution in [0.25, 0.3) is 11.2 Å². The lowest BCUT2D eigenvalue weighted by atomic mass is 9.87. The van der Waals surface area contributed by atoms with Crippen molar-refractivity contribution in [2.24, 2.45) is 5.41 Å². The molecule has 390 valence electrons. The van der Waals surface area contributed by atoms with Crippen molar-refractivity contribution < 1.29 is 85.6 Å². The summed E-state index contributed by atoms with van der Waals surface area (Å²) in [7, 11) is -16.4. The number of imidazole rings is 1. The summed E-state index contributed by atoms with van der Waals surface area (Å²) in [5.41, 5.74) is 4.26. The summed E-state index contributed by atoms with van der Waals surface area (Å²) < 4.78 is 62.4. The number of aromatic nitrogens is 4. The van der Waals surface area contributed by atoms with Crippen LogP contribution in [-0.2, 0) is 50.7 Å². The second-order valence-electron chi connectivity index (χ2n) is 17.2. The van der Waals surface area contributed by atoms with Crippen LogP contribution in [0.4, 0.5) is 5.82 Å². The van der Waals surface area contributed by atoms with Gasteiger partial charge in [-0.3, -0.25) is 32.5 Å². The van der Waals surface area contributed by atoms with Gasteiger partial charge in [0.05, 0.1) is 25.6 Å². The molecule has 2 amide bonds. The van der Waals surface area contributed by atoms with Gasteiger partial charge >= 0.3 is 23.5 Å². The van der Waals surface area contributed by atoms with Crippen molar-refractivity contribution in [2.75, 3.05) is 37.8 Å². The van der Waals surface area contributed by atoms with E-state index in [0.717, 1.165) is 48.2 Å². The van der Waals surface area contributed by atoms with E-state index < -0.39 is 90.7 Å². The van der Waals surface area contributed by atoms with Gasteiger partial charge in [-0.05, 0) is 6.42 Å². The fraction of sp³-hybridized carbons (Fsp3) is 0.795. The quantitative estimate of drug-likeness (QED) is 0.0346. The van der Waals surface area contributed by atoms with Gasteiger partial charge in [-0.15, -0.1) is 0 Å². The van der Waals surface area contributed by atoms with Gasteiger partial charge in [0, 0.05) is 37.1 Å². The predicted molar refractivity (Wildman–Crippen MR) is 248 cm³/mol. The number of carbonyl (C=O) groups excluding carboxylic acids is 3. The summed E-state index contributed by atoms with van der Waals surface area (Å²) in [6.45, 7) is 2.63. The highest BCUT2D eigenvalue weighted by Gasteiger charge is 2.50. The first-order valence-corrected chi connectivity index (χ1v) is 28.2. The molecule has 11 N–H and O–H groups in total. The zero-order valence-corrected chi connectivity index (χ0v) is 42.2. The molecule has 2 aromatic rings. The summed E-state index contributed by atoms with van der Waals surface area (Å²) in [6, 6.07) is 0. The molecule has 0 aliphatic carbocycles. The standard InChI is InChI=1S/C39H70N7O18P3S/c1-4-5-6-7-8-9-10-11-12-13-14-15-16-17-27(47)22-30(49)68-21-20-41-29(48)18-19-42-37(52)34(51)39(2,3)24-61-67(58,59)64-66(56,57)60-23-28-33(63-65(53,54)55)32(50)38(62-28)46-26-45-31-35(40)43-25-44-36(31)46/h25-28,32-34,38,47,50-51H,4-24H2,1-3H3,(H,41,48)(H,42,52)(H,56,57)(H,58,59)(H2,40,43,44)(H2,53,54,55)/t27-,28-,32-,33-,34+,38-/m1/s1. The van der Waals surface area contributed by atoms with Crippen LogP contribution >= 0.6 is 35.2 Å². The number of carbonyl (C=O) groups is 3. The fourth-order valence-electron chi connectivity index (χ4n) is 7.05. The molecular weight excluding hydrogens is 979 g/mol. The number of rotatable bonds is 35. The Morgan fingerprint density at radius 3 is 2.10 bits per heavy atom. The van der Waals surface area contributed by atoms with Crippen LogP contribution in [0, 0.1) is 5.41 Å². The lowest BCUT2D eigenvalue weighted by molar-refractivity contribution is -0.137. The molecule has 68 heavy (non-hydrogen) atoms. The molecule has 29 heteroatoms. The Morgan fingerprint density at radius 2 is 1.49 bits per heavy atom. The minimum atomic E-state index is -5.59. The number of aliphatic hydroxyl groups is 3. The highest BCUT2D eigenvalue weighted by atomic mass is 32.2. The first-order chi connectivity index (χ1) is 31.9. The number of unbranched alkanes of at least 4 members (excludes halogenated alkanes) is 12. The number of fused-ring (bicyclic) bond motifs is 1. The SMILES string of the molecule is CCCCCCCCCCCCCCC[C@@H](O)CC(=O)SCCNC(=O)CCNC(=O)[C@H](O)C(C)(C)COP(=O)(O)OP(=O)(O)OC[C@H]1O[C@@H](n2cnc3c(N)ncnc32)[C@H](O)[C@@H]1OP(=O)(O)O. The number of anilines is 1. The van der Waals surface area contributed by atoms with E-state index in [4.69, 9.17) is 19.5 Å². The largest absolute Gasteiger partial charge is 0.481 e. The van der Waals surface area contributed by atoms with Crippen molar-refractivity contribution in [3.05, 3.63) is 12.7 Å². The van der Waals surface area contributed by atoms with Crippen LogP contribution in [0.1, 0.15) is 130 Å². The van der Waals surface area contributed by atoms with E-state index in [1.807, 2.05) is 0 Å². The Kier molecular flexibility index (Phi) is 25.6. The van der Waals surface area contributed by atoms with Gasteiger partial charge < -0.3 is 56.0 Å². The van der Waals surface area contributed by atoms with Gasteiger partial charge in [-0.1, -0.05) is 116 Å². The number of nitrogens with two attached hydrogens (primary N) is 1. The van der Waals surface area contributed by atoms with Gasteiger partial charge in [0.15, 0.2) is 22.8 Å². The third-order valence-electron chi connectivity index (χ3n) is 10.8. The summed E-state index contributed by atoms with van der Waals surface area (Å²) >= 11 is 1.00. The average molecular weight is 1050 g/mol. The number of ether oxygens (including phenoxy) is 1. The molecule has 1 fully saturated rings. The maximum absolute atomic E-state index is 12.7. The topological polar surface area (TPSA) is 384 Å². The molecule has 0 aromatic carbocycles. The molecule has 3 heterocycles. The molecule has 1 aliphatic heterocycles. The number of phosphoric acid groups is 3. The normalized spacial score (nSPS) is 20.4. The Balaban J connectivity index is 1.31. The second-order valence-corrected chi connectivity index (χ2v) is 22.6. The number of hydrogen-bond acceptors (Lipinski definition) is 19. The number of amides is 2. The maximum atomic E-state index is 12.7. The molecule has 3 rings (SSSR count). The van der Waals surface area contributed by atoms with E-state index in [0.29, 0.717) is 6.42 Å². The first-order valence-electron chi connectivity index (χ1n) is 22.7. The van der Waals surface area contributed by atoms with E-state index in [-0.39, 0.29) is 53.8 Å². The van der Waals surface area contributed by atoms with Crippen molar-refractivity contribution in [1.29, 1.82) is 0 Å². The number of phosphoric ester groups is 3. The van der Waals surface area contributed by atoms with Crippen molar-refractivity contribution in [2.45, 2.75) is 160 Å². The number of aliphatic hydroxyl groups excluding tert-OH is 3. The van der Waals surface area contributed by atoms with Crippen LogP contribution in [0.5, 0.6) is 0 Å². The van der Waals surface area contributed by atoms with Crippen LogP contribution in [-0.4, -0.2) is 134 Å². The molecule has 8 atom stereocenters. The van der Waals surface area contributed by atoms with Gasteiger partial charge in [0.1, 0.15) is 36.3 Å². The number of hydrogen-bond donors (Lipinski definition) is 10. The molecule has 25 nitrogen and oxygen atoms in total. The van der Waals surface area contributed by atoms with Crippen molar-refractivity contribution in [3.8, 4) is 0 Å². The summed E-state index contributed by atoms with van der Waals surface area (Å²) in [6.07, 6.45) is 8.81. The Morgan fingerprint density at radius 1 is 0.882 bits per heavy atom. The smallest absolute Gasteiger partial charge is 0.393 e. The molecule has 2 unspecified atom stereocenters. The van der Waals surface area contributed by atoms with Crippen LogP contribution < -0.4 is 16.4 Å². The molecule has 1 saturated heterocycles. The average Bonchev–Trinajstić information content (AvgIpc) is 3.82. The van der Waals surface area contributed by atoms with Crippen LogP contribution in [0.15, 0.2) is 12.7 Å². The van der Waals surface area contributed by atoms with E-state index in [1.165, 1.54) is 78.1 Å². The van der Waals surface area contributed by atoms with E-state index in [2.05, 4.69) is 41.3 Å². The third-order valence-corrected chi connectivity index (χ3v) is 14.8. The maximum Gasteiger partial charge on any atom is 0.481 e. The zero-order chi connectivity index (χ0) is 50.5. The molecule has 0 bridgehead atoms. The lowest BCUT2D eigenvalue weighted by Gasteiger charge is -2.30. The van der Waals surface area contributed by atoms with E-state index in [1.54, 1.807) is 0 Å². The van der Waals surface area contributed by atoms with Crippen molar-refractivity contribution in [3.63, 3.8) is 0 Å². The molecule has 0 spiro atoms. The third kappa shape index (κ3) is 21.9. The highest BCUT2D eigenvalue weighted by molar-refractivity contribution is 8.13. The van der Waals surface area contributed by atoms with Crippen LogP contribution in [0.2, 0.25) is 0 Å².